The first-order chi connectivity index (χ1) is 7.78. The summed E-state index contributed by atoms with van der Waals surface area (Å²) in [4.78, 5) is 36.9. The molecule has 0 saturated heterocycles. The molecule has 0 atom stereocenters. The van der Waals surface area contributed by atoms with Crippen LogP contribution in [0.15, 0.2) is 0 Å². The van der Waals surface area contributed by atoms with Crippen LogP contribution in [-0.2, 0) is 4.74 Å². The molecule has 0 spiro atoms. The van der Waals surface area contributed by atoms with E-state index in [1.54, 1.807) is 6.92 Å². The van der Waals surface area contributed by atoms with Gasteiger partial charge in [-0.25, -0.2) is 4.79 Å². The van der Waals surface area contributed by atoms with Crippen LogP contribution in [0.2, 0.25) is 0 Å². The fourth-order valence-electron chi connectivity index (χ4n) is 0.673. The topological polar surface area (TPSA) is 156 Å². The van der Waals surface area contributed by atoms with Crippen LogP contribution >= 0.6 is 11.8 Å². The maximum atomic E-state index is 10.8. The molecule has 0 bridgehead atoms. The molecular formula is C5H7N3O8S. The summed E-state index contributed by atoms with van der Waals surface area (Å²) in [5, 5.41) is 30.1. The van der Waals surface area contributed by atoms with Crippen molar-refractivity contribution in [3.05, 3.63) is 30.3 Å². The molecule has 0 aromatic carbocycles. The molecule has 0 amide bonds. The second kappa shape index (κ2) is 5.93. The third kappa shape index (κ3) is 3.24. The van der Waals surface area contributed by atoms with Gasteiger partial charge in [-0.1, -0.05) is 6.92 Å². The Kier molecular flexibility index (Phi) is 5.24. The predicted molar refractivity (Wildman–Crippen MR) is 53.2 cm³/mol. The molecule has 0 fully saturated rings. The highest BCUT2D eigenvalue weighted by Gasteiger charge is 2.72. The van der Waals surface area contributed by atoms with Crippen molar-refractivity contribution < 1.29 is 24.3 Å². The molecule has 11 nitrogen and oxygen atoms in total. The maximum Gasteiger partial charge on any atom is 0.734 e. The van der Waals surface area contributed by atoms with E-state index >= 15 is 0 Å². The van der Waals surface area contributed by atoms with Crippen LogP contribution in [-0.4, -0.2) is 38.2 Å². The lowest BCUT2D eigenvalue weighted by molar-refractivity contribution is -0.970. The van der Waals surface area contributed by atoms with Gasteiger partial charge in [-0.05, 0) is 11.8 Å². The Bertz CT molecular complexity index is 321. The molecule has 0 N–H and O–H groups in total. The molecule has 0 radical (unpaired) electrons. The minimum Gasteiger partial charge on any atom is -0.432 e. The molecule has 0 saturated carbocycles. The minimum atomic E-state index is -3.76. The molecule has 0 heterocycles. The zero-order chi connectivity index (χ0) is 13.6. The summed E-state index contributed by atoms with van der Waals surface area (Å²) in [7, 11) is 0. The molecule has 0 unspecified atom stereocenters. The monoisotopic (exact) mass is 269 g/mol. The summed E-state index contributed by atoms with van der Waals surface area (Å²) in [6.45, 7) is -0.000481. The van der Waals surface area contributed by atoms with Crippen LogP contribution < -0.4 is 0 Å². The highest BCUT2D eigenvalue weighted by Crippen LogP contribution is 2.15. The molecular weight excluding hydrogens is 262 g/mol. The first kappa shape index (κ1) is 15.0. The average Bonchev–Trinajstić information content (AvgIpc) is 2.17. The first-order valence-electron chi connectivity index (χ1n) is 4.02. The summed E-state index contributed by atoms with van der Waals surface area (Å²) < 4.78 is 4.13. The van der Waals surface area contributed by atoms with Gasteiger partial charge in [0.15, 0.2) is 14.8 Å². The Morgan fingerprint density at radius 2 is 1.59 bits per heavy atom. The molecule has 96 valence electrons. The van der Waals surface area contributed by atoms with Crippen LogP contribution in [0.3, 0.4) is 0 Å². The SMILES string of the molecule is CCSC(=O)OCC([N+](=O)[O-])([N+](=O)[O-])[N+](=O)[O-]. The highest BCUT2D eigenvalue weighted by molar-refractivity contribution is 8.13. The molecule has 0 aromatic rings. The van der Waals surface area contributed by atoms with Gasteiger partial charge in [0.2, 0.25) is 0 Å². The zero-order valence-corrected chi connectivity index (χ0v) is 9.25. The van der Waals surface area contributed by atoms with Gasteiger partial charge in [-0.2, -0.15) is 0 Å². The lowest BCUT2D eigenvalue weighted by atomic mass is 10.4. The lowest BCUT2D eigenvalue weighted by Crippen LogP contribution is -2.56. The van der Waals surface area contributed by atoms with Gasteiger partial charge in [-0.15, -0.1) is 0 Å². The van der Waals surface area contributed by atoms with Crippen molar-refractivity contribution in [2.24, 2.45) is 0 Å². The quantitative estimate of drug-likeness (QED) is 0.287. The van der Waals surface area contributed by atoms with E-state index in [1.165, 1.54) is 0 Å². The van der Waals surface area contributed by atoms with Crippen molar-refractivity contribution >= 4 is 17.1 Å². The third-order valence-corrected chi connectivity index (χ3v) is 2.17. The van der Waals surface area contributed by atoms with Gasteiger partial charge in [0.1, 0.15) is 0 Å². The minimum absolute atomic E-state index is 0.265. The Labute approximate surface area is 97.6 Å². The number of nitrogens with zero attached hydrogens (tertiary/aromatic N) is 3. The predicted octanol–water partition coefficient (Wildman–Crippen LogP) is 0.360. The van der Waals surface area contributed by atoms with Gasteiger partial charge < -0.3 is 4.74 Å². The number of carbonyl (C=O) groups is 1. The zero-order valence-electron chi connectivity index (χ0n) is 8.43. The first-order valence-corrected chi connectivity index (χ1v) is 5.00. The standard InChI is InChI=1S/C5H7N3O8S/c1-2-17-4(9)16-3-5(6(10)11,7(12)13)8(14)15/h2-3H2,1H3. The molecule has 0 aliphatic carbocycles. The molecule has 0 rings (SSSR count). The Morgan fingerprint density at radius 1 is 1.18 bits per heavy atom. The van der Waals surface area contributed by atoms with E-state index in [9.17, 15) is 35.1 Å². The van der Waals surface area contributed by atoms with Crippen LogP contribution in [0.5, 0.6) is 0 Å². The number of carbonyl (C=O) groups excluding carboxylic acids is 1. The summed E-state index contributed by atoms with van der Waals surface area (Å²) in [5.41, 5.74) is 0. The molecule has 0 aromatic heterocycles. The second-order valence-electron chi connectivity index (χ2n) is 2.52. The molecule has 12 heteroatoms. The maximum absolute atomic E-state index is 10.8. The van der Waals surface area contributed by atoms with Gasteiger partial charge in [0.05, 0.1) is 0 Å². The normalized spacial score (nSPS) is 10.6. The van der Waals surface area contributed by atoms with E-state index < -0.39 is 32.5 Å². The average molecular weight is 269 g/mol. The second-order valence-corrected chi connectivity index (χ2v) is 3.72. The third-order valence-electron chi connectivity index (χ3n) is 1.52. The largest absolute Gasteiger partial charge is 0.734 e. The van der Waals surface area contributed by atoms with E-state index in [2.05, 4.69) is 4.74 Å². The summed E-state index contributed by atoms with van der Waals surface area (Å²) in [6, 6.07) is 0. The van der Waals surface area contributed by atoms with E-state index in [1.807, 2.05) is 0 Å². The van der Waals surface area contributed by atoms with Crippen molar-refractivity contribution in [3.8, 4) is 0 Å². The van der Waals surface area contributed by atoms with Crippen molar-refractivity contribution in [2.75, 3.05) is 12.4 Å². The Morgan fingerprint density at radius 3 is 1.88 bits per heavy atom. The number of nitro groups is 3. The molecule has 0 aliphatic rings. The fraction of sp³-hybridized carbons (Fsp3) is 0.800. The van der Waals surface area contributed by atoms with E-state index in [0.717, 1.165) is 0 Å². The summed E-state index contributed by atoms with van der Waals surface area (Å²) >= 11 is 0.578. The van der Waals surface area contributed by atoms with Gasteiger partial charge in [0, 0.05) is 5.75 Å². The molecule has 17 heavy (non-hydrogen) atoms. The number of thioether (sulfide) groups is 1. The summed E-state index contributed by atoms with van der Waals surface area (Å²) in [6.07, 6.45) is 0. The Balaban J connectivity index is 4.95. The Hall–Kier alpha value is -1.98. The van der Waals surface area contributed by atoms with E-state index in [-0.39, 0.29) is 5.75 Å². The van der Waals surface area contributed by atoms with Crippen LogP contribution in [0, 0.1) is 30.3 Å². The van der Waals surface area contributed by atoms with Crippen molar-refractivity contribution in [1.82, 2.24) is 0 Å². The number of ether oxygens (including phenoxy) is 1. The number of rotatable bonds is 6. The highest BCUT2D eigenvalue weighted by atomic mass is 32.2. The van der Waals surface area contributed by atoms with E-state index in [0.29, 0.717) is 11.8 Å². The van der Waals surface area contributed by atoms with Gasteiger partial charge in [0.25, 0.3) is 0 Å². The molecule has 0 aliphatic heterocycles. The van der Waals surface area contributed by atoms with Gasteiger partial charge >= 0.3 is 17.7 Å². The lowest BCUT2D eigenvalue weighted by Gasteiger charge is -2.08. The number of hydrogen-bond acceptors (Lipinski definition) is 9. The van der Waals surface area contributed by atoms with Crippen LogP contribution in [0.4, 0.5) is 4.79 Å². The van der Waals surface area contributed by atoms with Crippen LogP contribution in [0.25, 0.3) is 0 Å². The summed E-state index contributed by atoms with van der Waals surface area (Å²) in [5.74, 6) is -3.49. The van der Waals surface area contributed by atoms with E-state index in [4.69, 9.17) is 0 Å². The van der Waals surface area contributed by atoms with Gasteiger partial charge in [-0.3, -0.25) is 30.3 Å². The van der Waals surface area contributed by atoms with Crippen LogP contribution in [0.1, 0.15) is 6.92 Å². The van der Waals surface area contributed by atoms with Crippen molar-refractivity contribution in [1.29, 1.82) is 0 Å². The fourth-order valence-corrected chi connectivity index (χ4v) is 1.05. The van der Waals surface area contributed by atoms with Crippen molar-refractivity contribution in [3.63, 3.8) is 0 Å². The smallest absolute Gasteiger partial charge is 0.432 e. The number of hydrogen-bond donors (Lipinski definition) is 0. The van der Waals surface area contributed by atoms with Crippen molar-refractivity contribution in [2.45, 2.75) is 12.7 Å².